The Morgan fingerprint density at radius 1 is 0.829 bits per heavy atom. The van der Waals surface area contributed by atoms with E-state index in [1.54, 1.807) is 28.5 Å². The smallest absolute Gasteiger partial charge is 0.332 e. The molecule has 0 atom stereocenters. The number of carbonyl (C=O) groups excluding carboxylic acids is 1. The van der Waals surface area contributed by atoms with E-state index >= 15 is 0 Å². The predicted octanol–water partition coefficient (Wildman–Crippen LogP) is 2.90. The topological polar surface area (TPSA) is 67.5 Å². The molecule has 1 fully saturated rings. The van der Waals surface area contributed by atoms with E-state index in [2.05, 4.69) is 4.90 Å². The van der Waals surface area contributed by atoms with Crippen molar-refractivity contribution < 1.29 is 13.6 Å². The zero-order chi connectivity index (χ0) is 24.5. The molecule has 0 N–H and O–H groups in total. The zero-order valence-corrected chi connectivity index (χ0v) is 19.5. The number of thiophene rings is 1. The molecule has 0 aliphatic carbocycles. The summed E-state index contributed by atoms with van der Waals surface area (Å²) in [6.07, 6.45) is 0. The largest absolute Gasteiger partial charge is 0.368 e. The molecule has 0 radical (unpaired) electrons. The molecule has 0 unspecified atom stereocenters. The molecular formula is C25H22F2N4O3S. The second kappa shape index (κ2) is 9.46. The number of nitrogens with zero attached hydrogens (tertiary/aromatic N) is 4. The molecule has 10 heteroatoms. The van der Waals surface area contributed by atoms with Crippen LogP contribution in [-0.2, 0) is 17.9 Å². The quantitative estimate of drug-likeness (QED) is 0.426. The maximum Gasteiger partial charge on any atom is 0.332 e. The number of fused-ring (bicyclic) bond motifs is 1. The minimum absolute atomic E-state index is 0.0175. The van der Waals surface area contributed by atoms with Crippen molar-refractivity contribution >= 4 is 33.1 Å². The summed E-state index contributed by atoms with van der Waals surface area (Å²) in [6, 6.07) is 13.5. The minimum atomic E-state index is -0.580. The molecule has 1 aliphatic heterocycles. The van der Waals surface area contributed by atoms with Crippen molar-refractivity contribution in [2.24, 2.45) is 0 Å². The van der Waals surface area contributed by atoms with Gasteiger partial charge in [-0.3, -0.25) is 18.7 Å². The molecule has 1 amide bonds. The number of hydrogen-bond acceptors (Lipinski definition) is 5. The van der Waals surface area contributed by atoms with Crippen LogP contribution in [-0.4, -0.2) is 46.1 Å². The lowest BCUT2D eigenvalue weighted by Crippen LogP contribution is -2.50. The van der Waals surface area contributed by atoms with Gasteiger partial charge in [-0.15, -0.1) is 11.3 Å². The highest BCUT2D eigenvalue weighted by molar-refractivity contribution is 7.17. The standard InChI is InChI=1S/C25H22F2N4O3S/c26-18-3-1-17(2-4-18)15-31-24(33)23-21(9-14-35-23)30(25(31)34)16-22(32)29-12-10-28(11-13-29)20-7-5-19(27)6-8-20/h1-9,14H,10-13,15-16H2. The Morgan fingerprint density at radius 3 is 2.11 bits per heavy atom. The number of rotatable bonds is 5. The summed E-state index contributed by atoms with van der Waals surface area (Å²) in [7, 11) is 0. The maximum absolute atomic E-state index is 13.3. The summed E-state index contributed by atoms with van der Waals surface area (Å²) < 4.78 is 29.3. The van der Waals surface area contributed by atoms with Gasteiger partial charge in [-0.25, -0.2) is 13.6 Å². The van der Waals surface area contributed by atoms with Crippen molar-refractivity contribution in [1.29, 1.82) is 0 Å². The Labute approximate surface area is 203 Å². The predicted molar refractivity (Wildman–Crippen MR) is 131 cm³/mol. The SMILES string of the molecule is O=C(Cn1c(=O)n(Cc2ccc(F)cc2)c(=O)c2sccc21)N1CCN(c2ccc(F)cc2)CC1. The van der Waals surface area contributed by atoms with Crippen LogP contribution in [0.25, 0.3) is 10.2 Å². The van der Waals surface area contributed by atoms with Crippen molar-refractivity contribution in [3.63, 3.8) is 0 Å². The van der Waals surface area contributed by atoms with Crippen LogP contribution in [0.15, 0.2) is 69.6 Å². The fraction of sp³-hybridized carbons (Fsp3) is 0.240. The van der Waals surface area contributed by atoms with E-state index in [1.165, 1.54) is 52.3 Å². The van der Waals surface area contributed by atoms with Crippen LogP contribution in [0.3, 0.4) is 0 Å². The summed E-state index contributed by atoms with van der Waals surface area (Å²) in [5, 5.41) is 1.72. The van der Waals surface area contributed by atoms with Crippen LogP contribution in [0.1, 0.15) is 5.56 Å². The first-order chi connectivity index (χ1) is 16.9. The number of hydrogen-bond donors (Lipinski definition) is 0. The number of halogens is 2. The Bertz CT molecular complexity index is 1480. The first kappa shape index (κ1) is 23.0. The Kier molecular flexibility index (Phi) is 6.21. The van der Waals surface area contributed by atoms with Crippen molar-refractivity contribution in [1.82, 2.24) is 14.0 Å². The van der Waals surface area contributed by atoms with Crippen LogP contribution in [0.5, 0.6) is 0 Å². The first-order valence-electron chi connectivity index (χ1n) is 11.1. The van der Waals surface area contributed by atoms with Gasteiger partial charge in [0, 0.05) is 31.9 Å². The van der Waals surface area contributed by atoms with E-state index in [0.717, 1.165) is 10.3 Å². The normalized spacial score (nSPS) is 14.0. The van der Waals surface area contributed by atoms with Crippen molar-refractivity contribution in [3.8, 4) is 0 Å². The summed E-state index contributed by atoms with van der Waals surface area (Å²) in [6.45, 7) is 1.90. The Morgan fingerprint density at radius 2 is 1.46 bits per heavy atom. The monoisotopic (exact) mass is 496 g/mol. The van der Waals surface area contributed by atoms with Gasteiger partial charge in [0.15, 0.2) is 0 Å². The molecule has 0 saturated carbocycles. The van der Waals surface area contributed by atoms with Crippen LogP contribution in [0.4, 0.5) is 14.5 Å². The van der Waals surface area contributed by atoms with E-state index in [-0.39, 0.29) is 24.8 Å². The van der Waals surface area contributed by atoms with Crippen LogP contribution in [0.2, 0.25) is 0 Å². The van der Waals surface area contributed by atoms with Gasteiger partial charge >= 0.3 is 5.69 Å². The second-order valence-electron chi connectivity index (χ2n) is 8.37. The number of piperazine rings is 1. The Balaban J connectivity index is 1.37. The molecule has 7 nitrogen and oxygen atoms in total. The third-order valence-electron chi connectivity index (χ3n) is 6.21. The molecule has 1 aliphatic rings. The minimum Gasteiger partial charge on any atom is -0.368 e. The summed E-state index contributed by atoms with van der Waals surface area (Å²) in [4.78, 5) is 43.2. The van der Waals surface area contributed by atoms with Gasteiger partial charge in [-0.1, -0.05) is 12.1 Å². The third kappa shape index (κ3) is 4.61. The molecule has 35 heavy (non-hydrogen) atoms. The average Bonchev–Trinajstić information content (AvgIpc) is 3.36. The van der Waals surface area contributed by atoms with Crippen molar-refractivity contribution in [3.05, 3.63) is 98.0 Å². The molecule has 2 aromatic carbocycles. The van der Waals surface area contributed by atoms with Gasteiger partial charge in [0.2, 0.25) is 5.91 Å². The average molecular weight is 497 g/mol. The lowest BCUT2D eigenvalue weighted by Gasteiger charge is -2.36. The number of anilines is 1. The number of aromatic nitrogens is 2. The summed E-state index contributed by atoms with van der Waals surface area (Å²) >= 11 is 1.21. The van der Waals surface area contributed by atoms with Crippen LogP contribution < -0.4 is 16.1 Å². The first-order valence-corrected chi connectivity index (χ1v) is 12.0. The molecule has 0 bridgehead atoms. The van der Waals surface area contributed by atoms with Gasteiger partial charge in [-0.2, -0.15) is 0 Å². The van der Waals surface area contributed by atoms with Gasteiger partial charge in [0.05, 0.1) is 12.1 Å². The van der Waals surface area contributed by atoms with E-state index in [0.29, 0.717) is 42.0 Å². The van der Waals surface area contributed by atoms with E-state index < -0.39 is 17.1 Å². The van der Waals surface area contributed by atoms with Crippen molar-refractivity contribution in [2.45, 2.75) is 13.1 Å². The van der Waals surface area contributed by atoms with Crippen molar-refractivity contribution in [2.75, 3.05) is 31.1 Å². The van der Waals surface area contributed by atoms with Gasteiger partial charge in [0.1, 0.15) is 22.9 Å². The fourth-order valence-electron chi connectivity index (χ4n) is 4.30. The molecule has 0 spiro atoms. The van der Waals surface area contributed by atoms with Gasteiger partial charge in [0.25, 0.3) is 5.56 Å². The molecule has 4 aromatic rings. The number of benzene rings is 2. The highest BCUT2D eigenvalue weighted by Crippen LogP contribution is 2.18. The molecular weight excluding hydrogens is 474 g/mol. The van der Waals surface area contributed by atoms with E-state index in [1.807, 2.05) is 0 Å². The van der Waals surface area contributed by atoms with Crippen LogP contribution in [0, 0.1) is 11.6 Å². The lowest BCUT2D eigenvalue weighted by molar-refractivity contribution is -0.132. The van der Waals surface area contributed by atoms with Gasteiger partial charge in [-0.05, 0) is 53.4 Å². The fourth-order valence-corrected chi connectivity index (χ4v) is 5.14. The number of amides is 1. The van der Waals surface area contributed by atoms with E-state index in [9.17, 15) is 23.2 Å². The second-order valence-corrected chi connectivity index (χ2v) is 9.28. The summed E-state index contributed by atoms with van der Waals surface area (Å²) in [5.74, 6) is -0.920. The van der Waals surface area contributed by atoms with Crippen LogP contribution >= 0.6 is 11.3 Å². The molecule has 180 valence electrons. The molecule has 5 rings (SSSR count). The highest BCUT2D eigenvalue weighted by Gasteiger charge is 2.24. The lowest BCUT2D eigenvalue weighted by atomic mass is 10.2. The third-order valence-corrected chi connectivity index (χ3v) is 7.10. The molecule has 3 heterocycles. The molecule has 2 aromatic heterocycles. The summed E-state index contributed by atoms with van der Waals surface area (Å²) in [5.41, 5.74) is 0.919. The molecule has 1 saturated heterocycles. The maximum atomic E-state index is 13.3. The highest BCUT2D eigenvalue weighted by atomic mass is 32.1. The van der Waals surface area contributed by atoms with Gasteiger partial charge < -0.3 is 9.80 Å². The number of carbonyl (C=O) groups is 1. The Hall–Kier alpha value is -3.79. The zero-order valence-electron chi connectivity index (χ0n) is 18.7. The van der Waals surface area contributed by atoms with E-state index in [4.69, 9.17) is 0 Å².